The minimum atomic E-state index is -1.32. The minimum Gasteiger partial charge on any atom is -0.481 e. The Bertz CT molecular complexity index is 552. The van der Waals surface area contributed by atoms with Gasteiger partial charge in [-0.05, 0) is 12.3 Å². The number of carboxylic acid groups (broad SMARTS) is 2. The number of rotatable bonds is 12. The Labute approximate surface area is 150 Å². The van der Waals surface area contributed by atoms with Gasteiger partial charge in [0.1, 0.15) is 12.1 Å². The second kappa shape index (κ2) is 11.0. The molecule has 0 aromatic rings. The van der Waals surface area contributed by atoms with Crippen LogP contribution in [-0.2, 0) is 24.0 Å². The Morgan fingerprint density at radius 2 is 1.62 bits per heavy atom. The molecule has 11 nitrogen and oxygen atoms in total. The number of amides is 3. The fourth-order valence-corrected chi connectivity index (χ4v) is 2.06. The van der Waals surface area contributed by atoms with Crippen LogP contribution < -0.4 is 22.1 Å². The van der Waals surface area contributed by atoms with Crippen molar-refractivity contribution >= 4 is 29.7 Å². The Kier molecular flexibility index (Phi) is 9.89. The Morgan fingerprint density at radius 1 is 1.04 bits per heavy atom. The van der Waals surface area contributed by atoms with Crippen LogP contribution in [0.3, 0.4) is 0 Å². The van der Waals surface area contributed by atoms with E-state index in [0.29, 0.717) is 6.42 Å². The van der Waals surface area contributed by atoms with Crippen molar-refractivity contribution < 1.29 is 34.2 Å². The quantitative estimate of drug-likeness (QED) is 0.228. The molecule has 3 amide bonds. The molecule has 0 saturated heterocycles. The molecule has 4 unspecified atom stereocenters. The lowest BCUT2D eigenvalue weighted by atomic mass is 9.98. The number of carbonyl (C=O) groups excluding carboxylic acids is 3. The van der Waals surface area contributed by atoms with E-state index in [-0.39, 0.29) is 12.3 Å². The third-order valence-electron chi connectivity index (χ3n) is 3.81. The van der Waals surface area contributed by atoms with E-state index in [4.69, 9.17) is 16.6 Å². The lowest BCUT2D eigenvalue weighted by Crippen LogP contribution is -2.56. The van der Waals surface area contributed by atoms with Crippen LogP contribution >= 0.6 is 0 Å². The van der Waals surface area contributed by atoms with Crippen molar-refractivity contribution in [1.29, 1.82) is 0 Å². The predicted molar refractivity (Wildman–Crippen MR) is 89.6 cm³/mol. The topological polar surface area (TPSA) is 202 Å². The first-order chi connectivity index (χ1) is 12.0. The summed E-state index contributed by atoms with van der Waals surface area (Å²) >= 11 is 0. The number of primary amides is 1. The number of carboxylic acids is 2. The predicted octanol–water partition coefficient (Wildman–Crippen LogP) is -1.85. The summed E-state index contributed by atoms with van der Waals surface area (Å²) in [5.41, 5.74) is 10.4. The third-order valence-corrected chi connectivity index (χ3v) is 3.81. The van der Waals surface area contributed by atoms with E-state index >= 15 is 0 Å². The number of hydrogen-bond acceptors (Lipinski definition) is 6. The second-order valence-electron chi connectivity index (χ2n) is 5.98. The maximum Gasteiger partial charge on any atom is 0.326 e. The summed E-state index contributed by atoms with van der Waals surface area (Å²) < 4.78 is 0. The molecule has 0 aliphatic carbocycles. The van der Waals surface area contributed by atoms with E-state index in [1.54, 1.807) is 13.8 Å². The van der Waals surface area contributed by atoms with E-state index in [9.17, 15) is 29.1 Å². The summed E-state index contributed by atoms with van der Waals surface area (Å²) in [7, 11) is 0. The largest absolute Gasteiger partial charge is 0.481 e. The minimum absolute atomic E-state index is 0.275. The van der Waals surface area contributed by atoms with Gasteiger partial charge in [-0.25, -0.2) is 4.79 Å². The van der Waals surface area contributed by atoms with Crippen molar-refractivity contribution in [3.8, 4) is 0 Å². The summed E-state index contributed by atoms with van der Waals surface area (Å²) in [6, 6.07) is -3.82. The van der Waals surface area contributed by atoms with E-state index in [1.165, 1.54) is 0 Å². The van der Waals surface area contributed by atoms with Gasteiger partial charge in [-0.3, -0.25) is 19.2 Å². The standard InChI is InChI=1S/C15H26N4O7/c1-3-7(2)12(15(25)26)19-14(24)9(4-5-11(21)22)18-13(23)8(16)6-10(17)20/h7-9,12H,3-6,16H2,1-2H3,(H2,17,20)(H,18,23)(H,19,24)(H,21,22)(H,25,26). The van der Waals surface area contributed by atoms with Gasteiger partial charge in [0, 0.05) is 6.42 Å². The van der Waals surface area contributed by atoms with Gasteiger partial charge in [-0.2, -0.15) is 0 Å². The molecule has 4 atom stereocenters. The zero-order valence-corrected chi connectivity index (χ0v) is 14.7. The summed E-state index contributed by atoms with van der Waals surface area (Å²) in [4.78, 5) is 57.2. The molecule has 0 aliphatic heterocycles. The second-order valence-corrected chi connectivity index (χ2v) is 5.98. The Balaban J connectivity index is 5.17. The molecule has 0 radical (unpaired) electrons. The van der Waals surface area contributed by atoms with Gasteiger partial charge in [-0.1, -0.05) is 20.3 Å². The summed E-state index contributed by atoms with van der Waals surface area (Å²) in [6.45, 7) is 3.38. The number of carbonyl (C=O) groups is 5. The molecule has 148 valence electrons. The lowest BCUT2D eigenvalue weighted by Gasteiger charge is -2.24. The van der Waals surface area contributed by atoms with Gasteiger partial charge >= 0.3 is 11.9 Å². The normalized spacial score (nSPS) is 15.2. The van der Waals surface area contributed by atoms with Crippen molar-refractivity contribution in [2.75, 3.05) is 0 Å². The monoisotopic (exact) mass is 374 g/mol. The van der Waals surface area contributed by atoms with E-state index in [1.807, 2.05) is 0 Å². The molecule has 0 rings (SSSR count). The number of nitrogens with one attached hydrogen (secondary N) is 2. The van der Waals surface area contributed by atoms with E-state index in [0.717, 1.165) is 0 Å². The molecule has 26 heavy (non-hydrogen) atoms. The Morgan fingerprint density at radius 3 is 2.04 bits per heavy atom. The maximum atomic E-state index is 12.4. The average Bonchev–Trinajstić information content (AvgIpc) is 2.53. The van der Waals surface area contributed by atoms with Crippen molar-refractivity contribution in [2.45, 2.75) is 57.7 Å². The molecule has 0 saturated carbocycles. The molecule has 0 fully saturated rings. The van der Waals surface area contributed by atoms with Crippen LogP contribution in [0.1, 0.15) is 39.5 Å². The van der Waals surface area contributed by atoms with Crippen LogP contribution in [-0.4, -0.2) is 58.0 Å². The molecule has 0 heterocycles. The van der Waals surface area contributed by atoms with Crippen molar-refractivity contribution in [3.05, 3.63) is 0 Å². The molecule has 8 N–H and O–H groups in total. The van der Waals surface area contributed by atoms with Crippen molar-refractivity contribution in [1.82, 2.24) is 10.6 Å². The van der Waals surface area contributed by atoms with E-state index < -0.39 is 60.6 Å². The molecule has 0 bridgehead atoms. The van der Waals surface area contributed by atoms with Crippen LogP contribution in [0.4, 0.5) is 0 Å². The van der Waals surface area contributed by atoms with Crippen LogP contribution in [0, 0.1) is 5.92 Å². The first-order valence-electron chi connectivity index (χ1n) is 8.08. The van der Waals surface area contributed by atoms with Gasteiger partial charge in [0.25, 0.3) is 0 Å². The zero-order valence-electron chi connectivity index (χ0n) is 14.7. The highest BCUT2D eigenvalue weighted by Crippen LogP contribution is 2.09. The smallest absolute Gasteiger partial charge is 0.326 e. The van der Waals surface area contributed by atoms with Gasteiger partial charge < -0.3 is 32.3 Å². The van der Waals surface area contributed by atoms with Gasteiger partial charge in [0.05, 0.1) is 12.5 Å². The zero-order chi connectivity index (χ0) is 20.4. The third kappa shape index (κ3) is 8.42. The highest BCUT2D eigenvalue weighted by atomic mass is 16.4. The number of aliphatic carboxylic acids is 2. The van der Waals surface area contributed by atoms with Gasteiger partial charge in [-0.15, -0.1) is 0 Å². The maximum absolute atomic E-state index is 12.4. The summed E-state index contributed by atoms with van der Waals surface area (Å²) in [5.74, 6) is -5.37. The average molecular weight is 374 g/mol. The summed E-state index contributed by atoms with van der Waals surface area (Å²) in [6.07, 6.45) is -0.690. The van der Waals surface area contributed by atoms with Crippen LogP contribution in [0.5, 0.6) is 0 Å². The fraction of sp³-hybridized carbons (Fsp3) is 0.667. The highest BCUT2D eigenvalue weighted by Gasteiger charge is 2.30. The van der Waals surface area contributed by atoms with Crippen molar-refractivity contribution in [2.24, 2.45) is 17.4 Å². The van der Waals surface area contributed by atoms with Crippen LogP contribution in [0.25, 0.3) is 0 Å². The van der Waals surface area contributed by atoms with Crippen LogP contribution in [0.15, 0.2) is 0 Å². The molecule has 0 aliphatic rings. The molecular formula is C15H26N4O7. The van der Waals surface area contributed by atoms with Gasteiger partial charge in [0.15, 0.2) is 0 Å². The molecule has 11 heteroatoms. The Hall–Kier alpha value is -2.69. The first-order valence-corrected chi connectivity index (χ1v) is 8.08. The highest BCUT2D eigenvalue weighted by molar-refractivity contribution is 5.93. The molecule has 0 aromatic carbocycles. The number of nitrogens with two attached hydrogens (primary N) is 2. The van der Waals surface area contributed by atoms with Crippen molar-refractivity contribution in [3.63, 3.8) is 0 Å². The van der Waals surface area contributed by atoms with Crippen LogP contribution in [0.2, 0.25) is 0 Å². The molecule has 0 spiro atoms. The fourth-order valence-electron chi connectivity index (χ4n) is 2.06. The van der Waals surface area contributed by atoms with Gasteiger partial charge in [0.2, 0.25) is 17.7 Å². The SMILES string of the molecule is CCC(C)C(NC(=O)C(CCC(=O)O)NC(=O)C(N)CC(N)=O)C(=O)O. The lowest BCUT2D eigenvalue weighted by molar-refractivity contribution is -0.144. The first kappa shape index (κ1) is 23.3. The molecular weight excluding hydrogens is 348 g/mol. The molecule has 0 aromatic heterocycles. The summed E-state index contributed by atoms with van der Waals surface area (Å²) in [5, 5.41) is 22.5. The number of hydrogen-bond donors (Lipinski definition) is 6. The van der Waals surface area contributed by atoms with E-state index in [2.05, 4.69) is 10.6 Å².